The molecule has 20 heavy (non-hydrogen) atoms. The third kappa shape index (κ3) is 3.58. The second-order valence-electron chi connectivity index (χ2n) is 3.90. The van der Waals surface area contributed by atoms with Crippen molar-refractivity contribution in [3.63, 3.8) is 0 Å². The molecule has 0 bridgehead atoms. The summed E-state index contributed by atoms with van der Waals surface area (Å²) < 4.78 is 1.81. The van der Waals surface area contributed by atoms with Gasteiger partial charge in [-0.25, -0.2) is 4.98 Å². The van der Waals surface area contributed by atoms with Crippen LogP contribution in [0.25, 0.3) is 0 Å². The summed E-state index contributed by atoms with van der Waals surface area (Å²) in [4.78, 5) is 4.41. The smallest absolute Gasteiger partial charge is 0.151 e. The zero-order chi connectivity index (χ0) is 14.7. The quantitative estimate of drug-likeness (QED) is 0.605. The van der Waals surface area contributed by atoms with Gasteiger partial charge in [0.05, 0.1) is 15.7 Å². The molecule has 3 nitrogen and oxygen atoms in total. The third-order valence-corrected chi connectivity index (χ3v) is 4.38. The molecule has 2 N–H and O–H groups in total. The van der Waals surface area contributed by atoms with E-state index >= 15 is 0 Å². The zero-order valence-corrected chi connectivity index (χ0v) is 15.2. The predicted molar refractivity (Wildman–Crippen MR) is 93.5 cm³/mol. The fourth-order valence-corrected chi connectivity index (χ4v) is 3.25. The molecule has 0 aliphatic heterocycles. The van der Waals surface area contributed by atoms with Crippen molar-refractivity contribution < 1.29 is 0 Å². The summed E-state index contributed by atoms with van der Waals surface area (Å²) in [5.74, 6) is 1.14. The van der Waals surface area contributed by atoms with E-state index in [4.69, 9.17) is 23.2 Å². The number of pyridine rings is 1. The number of benzene rings is 1. The lowest BCUT2D eigenvalue weighted by atomic mass is 10.3. The van der Waals surface area contributed by atoms with Crippen LogP contribution in [-0.2, 0) is 0 Å². The van der Waals surface area contributed by atoms with E-state index < -0.39 is 0 Å². The van der Waals surface area contributed by atoms with Crippen molar-refractivity contribution in [3.8, 4) is 0 Å². The molecule has 0 atom stereocenters. The molecule has 0 aliphatic carbocycles. The van der Waals surface area contributed by atoms with E-state index in [1.807, 2.05) is 25.1 Å². The van der Waals surface area contributed by atoms with Crippen LogP contribution in [0.5, 0.6) is 0 Å². The predicted octanol–water partition coefficient (Wildman–Crippen LogP) is 6.09. The summed E-state index contributed by atoms with van der Waals surface area (Å²) in [5, 5.41) is 7.24. The molecule has 7 heteroatoms. The van der Waals surface area contributed by atoms with E-state index in [9.17, 15) is 0 Å². The minimum absolute atomic E-state index is 0.458. The third-order valence-electron chi connectivity index (χ3n) is 2.48. The first-order valence-electron chi connectivity index (χ1n) is 5.84. The highest BCUT2D eigenvalue weighted by molar-refractivity contribution is 9.11. The van der Waals surface area contributed by atoms with Gasteiger partial charge < -0.3 is 10.6 Å². The van der Waals surface area contributed by atoms with Gasteiger partial charge in [-0.05, 0) is 57.0 Å². The summed E-state index contributed by atoms with van der Waals surface area (Å²) in [7, 11) is 0. The van der Waals surface area contributed by atoms with Crippen LogP contribution < -0.4 is 10.6 Å². The van der Waals surface area contributed by atoms with Crippen molar-refractivity contribution in [2.45, 2.75) is 6.92 Å². The summed E-state index contributed by atoms with van der Waals surface area (Å²) >= 11 is 19.3. The first-order chi connectivity index (χ1) is 9.52. The highest BCUT2D eigenvalue weighted by Crippen LogP contribution is 2.36. The van der Waals surface area contributed by atoms with Crippen molar-refractivity contribution in [1.82, 2.24) is 4.98 Å². The van der Waals surface area contributed by atoms with Gasteiger partial charge in [-0.15, -0.1) is 0 Å². The SMILES string of the molecule is CCNc1nc(Nc2c(Br)cccc2Br)c(Cl)cc1Cl. The number of rotatable bonds is 4. The van der Waals surface area contributed by atoms with E-state index in [-0.39, 0.29) is 0 Å². The summed E-state index contributed by atoms with van der Waals surface area (Å²) in [6.45, 7) is 2.70. The Morgan fingerprint density at radius 1 is 1.10 bits per heavy atom. The Labute approximate surface area is 144 Å². The van der Waals surface area contributed by atoms with E-state index in [2.05, 4.69) is 47.5 Å². The lowest BCUT2D eigenvalue weighted by Gasteiger charge is -2.14. The summed E-state index contributed by atoms with van der Waals surface area (Å²) in [6, 6.07) is 7.46. The molecule has 0 radical (unpaired) electrons. The van der Waals surface area contributed by atoms with E-state index in [1.165, 1.54) is 0 Å². The van der Waals surface area contributed by atoms with Crippen LogP contribution >= 0.6 is 55.1 Å². The fourth-order valence-electron chi connectivity index (χ4n) is 1.58. The lowest BCUT2D eigenvalue weighted by molar-refractivity contribution is 1.16. The molecule has 1 aromatic heterocycles. The number of para-hydroxylation sites is 1. The standard InChI is InChI=1S/C13H11Br2Cl2N3/c1-2-18-12-9(16)6-10(17)13(20-12)19-11-7(14)4-3-5-8(11)15/h3-6H,2H2,1H3,(H2,18,19,20). The van der Waals surface area contributed by atoms with Gasteiger partial charge in [-0.1, -0.05) is 29.3 Å². The average molecular weight is 440 g/mol. The Morgan fingerprint density at radius 2 is 1.70 bits per heavy atom. The first-order valence-corrected chi connectivity index (χ1v) is 8.18. The number of hydrogen-bond donors (Lipinski definition) is 2. The molecule has 0 saturated heterocycles. The maximum absolute atomic E-state index is 6.19. The largest absolute Gasteiger partial charge is 0.369 e. The van der Waals surface area contributed by atoms with Gasteiger partial charge in [0.1, 0.15) is 5.82 Å². The molecule has 0 amide bonds. The molecule has 0 unspecified atom stereocenters. The minimum Gasteiger partial charge on any atom is -0.369 e. The van der Waals surface area contributed by atoms with Crippen LogP contribution in [0.3, 0.4) is 0 Å². The van der Waals surface area contributed by atoms with Crippen LogP contribution in [0.15, 0.2) is 33.2 Å². The molecular formula is C13H11Br2Cl2N3. The molecule has 2 aromatic rings. The highest BCUT2D eigenvalue weighted by atomic mass is 79.9. The number of anilines is 3. The van der Waals surface area contributed by atoms with Crippen LogP contribution in [0.1, 0.15) is 6.92 Å². The molecule has 0 aliphatic rings. The first kappa shape index (κ1) is 15.9. The molecule has 1 heterocycles. The molecule has 106 valence electrons. The Hall–Kier alpha value is -0.490. The van der Waals surface area contributed by atoms with Gasteiger partial charge in [-0.2, -0.15) is 0 Å². The van der Waals surface area contributed by atoms with Crippen LogP contribution in [0, 0.1) is 0 Å². The van der Waals surface area contributed by atoms with E-state index in [0.717, 1.165) is 21.2 Å². The minimum atomic E-state index is 0.458. The molecule has 0 fully saturated rings. The van der Waals surface area contributed by atoms with Crippen molar-refractivity contribution in [2.75, 3.05) is 17.2 Å². The van der Waals surface area contributed by atoms with E-state index in [0.29, 0.717) is 21.7 Å². The Bertz CT molecular complexity index is 615. The highest BCUT2D eigenvalue weighted by Gasteiger charge is 2.12. The topological polar surface area (TPSA) is 37.0 Å². The van der Waals surface area contributed by atoms with Crippen molar-refractivity contribution in [1.29, 1.82) is 0 Å². The van der Waals surface area contributed by atoms with Gasteiger partial charge >= 0.3 is 0 Å². The summed E-state index contributed by atoms with van der Waals surface area (Å²) in [6.07, 6.45) is 0. The summed E-state index contributed by atoms with van der Waals surface area (Å²) in [5.41, 5.74) is 0.853. The van der Waals surface area contributed by atoms with Gasteiger partial charge in [0, 0.05) is 15.5 Å². The Balaban J connectivity index is 2.40. The number of aromatic nitrogens is 1. The fraction of sp³-hybridized carbons (Fsp3) is 0.154. The second-order valence-corrected chi connectivity index (χ2v) is 6.42. The van der Waals surface area contributed by atoms with Gasteiger partial charge in [-0.3, -0.25) is 0 Å². The van der Waals surface area contributed by atoms with Gasteiger partial charge in [0.15, 0.2) is 5.82 Å². The molecule has 1 aromatic carbocycles. The van der Waals surface area contributed by atoms with Crippen molar-refractivity contribution in [2.24, 2.45) is 0 Å². The van der Waals surface area contributed by atoms with Crippen molar-refractivity contribution in [3.05, 3.63) is 43.3 Å². The Kier molecular flexibility index (Phi) is 5.55. The van der Waals surface area contributed by atoms with Gasteiger partial charge in [0.2, 0.25) is 0 Å². The number of nitrogens with one attached hydrogen (secondary N) is 2. The Morgan fingerprint density at radius 3 is 2.30 bits per heavy atom. The molecular weight excluding hydrogens is 429 g/mol. The maximum Gasteiger partial charge on any atom is 0.151 e. The molecule has 2 rings (SSSR count). The average Bonchev–Trinajstić information content (AvgIpc) is 2.39. The normalized spacial score (nSPS) is 10.4. The van der Waals surface area contributed by atoms with Crippen LogP contribution in [0.2, 0.25) is 10.0 Å². The zero-order valence-electron chi connectivity index (χ0n) is 10.5. The van der Waals surface area contributed by atoms with Gasteiger partial charge in [0.25, 0.3) is 0 Å². The number of hydrogen-bond acceptors (Lipinski definition) is 3. The maximum atomic E-state index is 6.19. The lowest BCUT2D eigenvalue weighted by Crippen LogP contribution is -2.03. The monoisotopic (exact) mass is 437 g/mol. The van der Waals surface area contributed by atoms with E-state index in [1.54, 1.807) is 6.07 Å². The van der Waals surface area contributed by atoms with Crippen molar-refractivity contribution >= 4 is 72.4 Å². The molecule has 0 spiro atoms. The number of halogens is 4. The van der Waals surface area contributed by atoms with Crippen LogP contribution in [-0.4, -0.2) is 11.5 Å². The number of nitrogens with zero attached hydrogens (tertiary/aromatic N) is 1. The van der Waals surface area contributed by atoms with Crippen LogP contribution in [0.4, 0.5) is 17.3 Å². The second kappa shape index (κ2) is 6.98. The molecule has 0 saturated carbocycles.